The van der Waals surface area contributed by atoms with Crippen molar-refractivity contribution < 1.29 is 9.53 Å². The molecule has 5 rings (SSSR count). The Morgan fingerprint density at radius 1 is 0.909 bits per heavy atom. The van der Waals surface area contributed by atoms with Crippen LogP contribution in [-0.2, 0) is 18.5 Å². The summed E-state index contributed by atoms with van der Waals surface area (Å²) in [5.41, 5.74) is 4.51. The number of halogens is 1. The Bertz CT molecular complexity index is 1410. The lowest BCUT2D eigenvalue weighted by Crippen LogP contribution is -2.43. The molecule has 1 aliphatic heterocycles. The molecule has 1 N–H and O–H groups in total. The lowest BCUT2D eigenvalue weighted by atomic mass is 9.68. The number of benzene rings is 3. The molecule has 232 valence electrons. The van der Waals surface area contributed by atoms with Crippen molar-refractivity contribution in [2.75, 3.05) is 39.3 Å². The fourth-order valence-corrected chi connectivity index (χ4v) is 6.38. The highest BCUT2D eigenvalue weighted by atomic mass is 35.5. The van der Waals surface area contributed by atoms with Gasteiger partial charge < -0.3 is 15.0 Å². The Labute approximate surface area is 266 Å². The molecule has 1 aromatic heterocycles. The van der Waals surface area contributed by atoms with Gasteiger partial charge >= 0.3 is 6.09 Å². The van der Waals surface area contributed by atoms with Crippen LogP contribution < -0.4 is 10.1 Å². The molecule has 8 heteroatoms. The standard InChI is InChI=1S/C36H44ClN5O2/c1-3-40(4-2)23-11-22-38-35(43)44-34-33(39-28-42(34)26-29-16-18-32(37)19-17-29)27-41-24-20-36(21-25-41,30-12-7-5-8-13-30)31-14-9-6-10-15-31/h5-10,12-19,28H,3-4,11,20-27H2,1-2H3,(H,38,43). The van der Waals surface area contributed by atoms with Crippen LogP contribution in [0.25, 0.3) is 0 Å². The molecule has 3 aromatic carbocycles. The van der Waals surface area contributed by atoms with E-state index in [1.165, 1.54) is 11.1 Å². The van der Waals surface area contributed by atoms with Crippen LogP contribution in [0.2, 0.25) is 5.02 Å². The average Bonchev–Trinajstić information content (AvgIpc) is 3.43. The Balaban J connectivity index is 1.30. The highest BCUT2D eigenvalue weighted by Gasteiger charge is 2.38. The second-order valence-corrected chi connectivity index (χ2v) is 12.0. The zero-order valence-corrected chi connectivity index (χ0v) is 26.7. The van der Waals surface area contributed by atoms with Gasteiger partial charge in [0.1, 0.15) is 5.69 Å². The van der Waals surface area contributed by atoms with Crippen molar-refractivity contribution in [3.63, 3.8) is 0 Å². The number of aromatic nitrogens is 2. The summed E-state index contributed by atoms with van der Waals surface area (Å²) >= 11 is 6.12. The van der Waals surface area contributed by atoms with Crippen LogP contribution in [-0.4, -0.2) is 64.7 Å². The molecule has 44 heavy (non-hydrogen) atoms. The summed E-state index contributed by atoms with van der Waals surface area (Å²) in [4.78, 5) is 22.5. The van der Waals surface area contributed by atoms with Crippen LogP contribution in [0.3, 0.4) is 0 Å². The fourth-order valence-electron chi connectivity index (χ4n) is 6.26. The molecular weight excluding hydrogens is 570 g/mol. The molecule has 1 fully saturated rings. The molecule has 2 heterocycles. The van der Waals surface area contributed by atoms with Gasteiger partial charge in [-0.05, 0) is 80.8 Å². The lowest BCUT2D eigenvalue weighted by molar-refractivity contribution is 0.167. The van der Waals surface area contributed by atoms with Crippen molar-refractivity contribution in [2.24, 2.45) is 0 Å². The van der Waals surface area contributed by atoms with E-state index >= 15 is 0 Å². The second kappa shape index (κ2) is 15.4. The van der Waals surface area contributed by atoms with E-state index in [0.29, 0.717) is 30.5 Å². The maximum Gasteiger partial charge on any atom is 0.413 e. The van der Waals surface area contributed by atoms with Crippen LogP contribution in [0.1, 0.15) is 55.5 Å². The Hall–Kier alpha value is -3.65. The summed E-state index contributed by atoms with van der Waals surface area (Å²) in [6.07, 6.45) is 4.18. The van der Waals surface area contributed by atoms with Crippen molar-refractivity contribution in [1.29, 1.82) is 0 Å². The van der Waals surface area contributed by atoms with Crippen molar-refractivity contribution in [3.05, 3.63) is 119 Å². The van der Waals surface area contributed by atoms with Crippen LogP contribution in [0.4, 0.5) is 4.79 Å². The molecule has 0 aliphatic carbocycles. The van der Waals surface area contributed by atoms with Gasteiger partial charge in [-0.15, -0.1) is 0 Å². The fraction of sp³-hybridized carbons (Fsp3) is 0.389. The number of imidazole rings is 1. The summed E-state index contributed by atoms with van der Waals surface area (Å²) in [6, 6.07) is 29.5. The number of nitrogens with zero attached hydrogens (tertiary/aromatic N) is 4. The lowest BCUT2D eigenvalue weighted by Gasteiger charge is -2.42. The Kier molecular flexibility index (Phi) is 11.1. The Morgan fingerprint density at radius 3 is 2.11 bits per heavy atom. The number of rotatable bonds is 13. The van der Waals surface area contributed by atoms with Gasteiger partial charge in [-0.1, -0.05) is 98.2 Å². The SMILES string of the molecule is CCN(CC)CCCNC(=O)Oc1c(CN2CCC(c3ccccc3)(c3ccccc3)CC2)ncn1Cc1ccc(Cl)cc1. The number of amides is 1. The minimum Gasteiger partial charge on any atom is -0.391 e. The predicted octanol–water partition coefficient (Wildman–Crippen LogP) is 6.99. The average molecular weight is 614 g/mol. The summed E-state index contributed by atoms with van der Waals surface area (Å²) in [5, 5.41) is 3.63. The zero-order chi connectivity index (χ0) is 30.8. The van der Waals surface area contributed by atoms with Gasteiger partial charge in [0.15, 0.2) is 0 Å². The molecule has 0 unspecified atom stereocenters. The molecule has 0 atom stereocenters. The van der Waals surface area contributed by atoms with E-state index in [4.69, 9.17) is 21.3 Å². The smallest absolute Gasteiger partial charge is 0.391 e. The summed E-state index contributed by atoms with van der Waals surface area (Å²) in [5.74, 6) is 0.490. The van der Waals surface area contributed by atoms with Gasteiger partial charge in [0.05, 0.1) is 12.9 Å². The number of piperidine rings is 1. The summed E-state index contributed by atoms with van der Waals surface area (Å²) < 4.78 is 7.89. The number of carbonyl (C=O) groups is 1. The Morgan fingerprint density at radius 2 is 1.52 bits per heavy atom. The normalized spacial score (nSPS) is 14.9. The first-order valence-corrected chi connectivity index (χ1v) is 16.2. The van der Waals surface area contributed by atoms with E-state index in [1.807, 2.05) is 28.8 Å². The van der Waals surface area contributed by atoms with Crippen molar-refractivity contribution in [2.45, 2.75) is 51.6 Å². The molecule has 0 bridgehead atoms. The van der Waals surface area contributed by atoms with Crippen molar-refractivity contribution in [1.82, 2.24) is 24.7 Å². The minimum absolute atomic E-state index is 0.0304. The third kappa shape index (κ3) is 7.89. The quantitative estimate of drug-likeness (QED) is 0.165. The number of hydrogen-bond donors (Lipinski definition) is 1. The number of carbonyl (C=O) groups excluding carboxylic acids is 1. The van der Waals surface area contributed by atoms with Gasteiger partial charge in [-0.3, -0.25) is 9.47 Å². The minimum atomic E-state index is -0.450. The van der Waals surface area contributed by atoms with Crippen LogP contribution in [0, 0.1) is 0 Å². The van der Waals surface area contributed by atoms with Gasteiger partial charge in [0.25, 0.3) is 0 Å². The third-order valence-electron chi connectivity index (χ3n) is 8.87. The van der Waals surface area contributed by atoms with E-state index in [2.05, 4.69) is 89.6 Å². The van der Waals surface area contributed by atoms with E-state index in [1.54, 1.807) is 6.33 Å². The van der Waals surface area contributed by atoms with Crippen LogP contribution in [0.15, 0.2) is 91.3 Å². The van der Waals surface area contributed by atoms with Crippen molar-refractivity contribution in [3.8, 4) is 5.88 Å². The first kappa shape index (κ1) is 31.8. The van der Waals surface area contributed by atoms with Crippen molar-refractivity contribution >= 4 is 17.7 Å². The molecule has 0 radical (unpaired) electrons. The topological polar surface area (TPSA) is 62.6 Å². The van der Waals surface area contributed by atoms with Crippen LogP contribution in [0.5, 0.6) is 5.88 Å². The molecule has 1 saturated heterocycles. The molecular formula is C36H44ClN5O2. The van der Waals surface area contributed by atoms with Gasteiger partial charge in [-0.2, -0.15) is 0 Å². The monoisotopic (exact) mass is 613 g/mol. The first-order chi connectivity index (χ1) is 21.5. The molecule has 1 aliphatic rings. The molecule has 4 aromatic rings. The molecule has 1 amide bonds. The maximum absolute atomic E-state index is 13.0. The summed E-state index contributed by atoms with van der Waals surface area (Å²) in [7, 11) is 0. The molecule has 0 saturated carbocycles. The van der Waals surface area contributed by atoms with Crippen LogP contribution >= 0.6 is 11.6 Å². The third-order valence-corrected chi connectivity index (χ3v) is 9.12. The molecule has 0 spiro atoms. The van der Waals surface area contributed by atoms with E-state index in [9.17, 15) is 4.79 Å². The number of ether oxygens (including phenoxy) is 1. The largest absolute Gasteiger partial charge is 0.413 e. The van der Waals surface area contributed by atoms with Gasteiger partial charge in [0.2, 0.25) is 5.88 Å². The van der Waals surface area contributed by atoms with Gasteiger partial charge in [-0.25, -0.2) is 9.78 Å². The first-order valence-electron chi connectivity index (χ1n) is 15.8. The van der Waals surface area contributed by atoms with E-state index in [-0.39, 0.29) is 5.41 Å². The highest BCUT2D eigenvalue weighted by Crippen LogP contribution is 2.42. The van der Waals surface area contributed by atoms with E-state index in [0.717, 1.165) is 63.2 Å². The predicted molar refractivity (Wildman–Crippen MR) is 177 cm³/mol. The number of likely N-dealkylation sites (tertiary alicyclic amines) is 1. The maximum atomic E-state index is 13.0. The van der Waals surface area contributed by atoms with Gasteiger partial charge in [0, 0.05) is 23.5 Å². The highest BCUT2D eigenvalue weighted by molar-refractivity contribution is 6.30. The second-order valence-electron chi connectivity index (χ2n) is 11.5. The number of nitrogens with one attached hydrogen (secondary N) is 1. The summed E-state index contributed by atoms with van der Waals surface area (Å²) in [6.45, 7) is 10.8. The number of hydrogen-bond acceptors (Lipinski definition) is 5. The van der Waals surface area contributed by atoms with E-state index < -0.39 is 6.09 Å². The zero-order valence-electron chi connectivity index (χ0n) is 25.9. The molecule has 7 nitrogen and oxygen atoms in total.